The average molecular weight is 179 g/mol. The Kier molecular flexibility index (Phi) is 2.63. The highest BCUT2D eigenvalue weighted by Crippen LogP contribution is 2.07. The van der Waals surface area contributed by atoms with Crippen molar-refractivity contribution in [2.24, 2.45) is 10.1 Å². The lowest BCUT2D eigenvalue weighted by molar-refractivity contribution is 0.320. The highest BCUT2D eigenvalue weighted by Gasteiger charge is 2.12. The smallest absolute Gasteiger partial charge is 0.129 e. The quantitative estimate of drug-likeness (QED) is 0.210. The molecule has 1 aliphatic carbocycles. The Morgan fingerprint density at radius 2 is 2.33 bits per heavy atom. The van der Waals surface area contributed by atoms with Gasteiger partial charge in [-0.15, -0.1) is 0 Å². The summed E-state index contributed by atoms with van der Waals surface area (Å²) in [6, 6.07) is 0. The van der Waals surface area contributed by atoms with Crippen LogP contribution in [0.5, 0.6) is 0 Å². The van der Waals surface area contributed by atoms with Gasteiger partial charge in [0.25, 0.3) is 0 Å². The molecule has 0 aromatic carbocycles. The van der Waals surface area contributed by atoms with Gasteiger partial charge in [-0.25, -0.2) is 0 Å². The molecule has 0 saturated heterocycles. The summed E-state index contributed by atoms with van der Waals surface area (Å²) in [6.07, 6.45) is 4.72. The third-order valence-electron chi connectivity index (χ3n) is 1.29. The van der Waals surface area contributed by atoms with E-state index >= 15 is 0 Å². The number of hydrogen-bond donors (Lipinski definition) is 2. The molecule has 0 radical (unpaired) electrons. The molecule has 0 atom stereocenters. The first-order chi connectivity index (χ1) is 5.79. The SMILES string of the molecule is N=C1C(N=C=S)=CC=C/C1=N/O. The molecular weight excluding hydrogens is 174 g/mol. The van der Waals surface area contributed by atoms with E-state index in [9.17, 15) is 0 Å². The fourth-order valence-electron chi connectivity index (χ4n) is 0.754. The van der Waals surface area contributed by atoms with Gasteiger partial charge in [-0.05, 0) is 24.4 Å². The summed E-state index contributed by atoms with van der Waals surface area (Å²) in [7, 11) is 0. The first-order valence-corrected chi connectivity index (χ1v) is 3.48. The third-order valence-corrected chi connectivity index (χ3v) is 1.39. The zero-order valence-corrected chi connectivity index (χ0v) is 6.80. The molecule has 2 N–H and O–H groups in total. The largest absolute Gasteiger partial charge is 0.410 e. The minimum absolute atomic E-state index is 0.0392. The lowest BCUT2D eigenvalue weighted by Crippen LogP contribution is -2.14. The second-order valence-corrected chi connectivity index (χ2v) is 2.16. The molecule has 60 valence electrons. The second-order valence-electron chi connectivity index (χ2n) is 1.97. The summed E-state index contributed by atoms with van der Waals surface area (Å²) in [5.41, 5.74) is 0.555. The number of allylic oxidation sites excluding steroid dienone is 4. The lowest BCUT2D eigenvalue weighted by Gasteiger charge is -2.04. The van der Waals surface area contributed by atoms with Crippen LogP contribution in [0.2, 0.25) is 0 Å². The summed E-state index contributed by atoms with van der Waals surface area (Å²) < 4.78 is 0. The van der Waals surface area contributed by atoms with Gasteiger partial charge in [0.05, 0.1) is 5.16 Å². The Hall–Kier alpha value is -1.58. The van der Waals surface area contributed by atoms with E-state index in [-0.39, 0.29) is 11.4 Å². The number of rotatable bonds is 1. The summed E-state index contributed by atoms with van der Waals surface area (Å²) in [4.78, 5) is 3.62. The van der Waals surface area contributed by atoms with Crippen LogP contribution in [0.1, 0.15) is 0 Å². The molecule has 1 rings (SSSR count). The van der Waals surface area contributed by atoms with Gasteiger partial charge in [-0.1, -0.05) is 11.2 Å². The van der Waals surface area contributed by atoms with Gasteiger partial charge in [0.1, 0.15) is 17.1 Å². The predicted octanol–water partition coefficient (Wildman–Crippen LogP) is 1.39. The van der Waals surface area contributed by atoms with Crippen molar-refractivity contribution in [3.63, 3.8) is 0 Å². The lowest BCUT2D eigenvalue weighted by atomic mass is 10.1. The maximum Gasteiger partial charge on any atom is 0.129 e. The van der Waals surface area contributed by atoms with Crippen LogP contribution in [0.4, 0.5) is 0 Å². The first-order valence-electron chi connectivity index (χ1n) is 3.07. The fourth-order valence-corrected chi connectivity index (χ4v) is 0.852. The zero-order chi connectivity index (χ0) is 8.97. The van der Waals surface area contributed by atoms with Crippen LogP contribution in [0, 0.1) is 5.41 Å². The second kappa shape index (κ2) is 3.71. The van der Waals surface area contributed by atoms with Gasteiger partial charge in [-0.3, -0.25) is 5.41 Å². The summed E-state index contributed by atoms with van der Waals surface area (Å²) in [6.45, 7) is 0. The van der Waals surface area contributed by atoms with Gasteiger partial charge in [-0.2, -0.15) is 4.99 Å². The molecule has 0 amide bonds. The minimum atomic E-state index is 0.0392. The Balaban J connectivity index is 3.06. The van der Waals surface area contributed by atoms with Crippen LogP contribution in [0.25, 0.3) is 0 Å². The van der Waals surface area contributed by atoms with E-state index < -0.39 is 0 Å². The van der Waals surface area contributed by atoms with Gasteiger partial charge in [0, 0.05) is 0 Å². The summed E-state index contributed by atoms with van der Waals surface area (Å²) in [5, 5.41) is 20.9. The van der Waals surface area contributed by atoms with E-state index in [4.69, 9.17) is 10.6 Å². The molecule has 0 bridgehead atoms. The minimum Gasteiger partial charge on any atom is -0.410 e. The predicted molar refractivity (Wildman–Crippen MR) is 49.2 cm³/mol. The van der Waals surface area contributed by atoms with Crippen molar-refractivity contribution in [3.8, 4) is 0 Å². The van der Waals surface area contributed by atoms with E-state index in [0.29, 0.717) is 5.70 Å². The average Bonchev–Trinajstić information content (AvgIpc) is 2.09. The molecule has 5 heteroatoms. The van der Waals surface area contributed by atoms with Crippen molar-refractivity contribution in [3.05, 3.63) is 23.9 Å². The zero-order valence-electron chi connectivity index (χ0n) is 5.98. The number of aliphatic imine (C=N–C) groups is 1. The fraction of sp³-hybridized carbons (Fsp3) is 0. The van der Waals surface area contributed by atoms with E-state index in [0.717, 1.165) is 0 Å². The van der Waals surface area contributed by atoms with Gasteiger partial charge < -0.3 is 5.21 Å². The molecule has 4 nitrogen and oxygen atoms in total. The van der Waals surface area contributed by atoms with Crippen molar-refractivity contribution >= 4 is 28.8 Å². The number of nitrogens with zero attached hydrogens (tertiary/aromatic N) is 2. The van der Waals surface area contributed by atoms with Crippen molar-refractivity contribution in [1.82, 2.24) is 0 Å². The van der Waals surface area contributed by atoms with Gasteiger partial charge in [0.2, 0.25) is 0 Å². The maximum absolute atomic E-state index is 8.43. The molecule has 1 aliphatic rings. The molecule has 0 fully saturated rings. The molecule has 0 aromatic rings. The Bertz CT molecular complexity index is 348. The Morgan fingerprint density at radius 1 is 1.58 bits per heavy atom. The van der Waals surface area contributed by atoms with Gasteiger partial charge in [0.15, 0.2) is 0 Å². The number of oxime groups is 1. The van der Waals surface area contributed by atoms with Crippen molar-refractivity contribution in [1.29, 1.82) is 5.41 Å². The van der Waals surface area contributed by atoms with E-state index in [1.807, 2.05) is 0 Å². The van der Waals surface area contributed by atoms with Crippen molar-refractivity contribution in [2.45, 2.75) is 0 Å². The van der Waals surface area contributed by atoms with E-state index in [1.54, 1.807) is 12.2 Å². The molecule has 0 saturated carbocycles. The Labute approximate surface area is 74.1 Å². The van der Waals surface area contributed by atoms with Gasteiger partial charge >= 0.3 is 0 Å². The van der Waals surface area contributed by atoms with E-state index in [2.05, 4.69) is 27.5 Å². The first kappa shape index (κ1) is 8.52. The molecule has 0 spiro atoms. The highest BCUT2D eigenvalue weighted by atomic mass is 32.1. The van der Waals surface area contributed by atoms with Crippen LogP contribution in [-0.4, -0.2) is 21.8 Å². The van der Waals surface area contributed by atoms with Crippen LogP contribution in [-0.2, 0) is 0 Å². The maximum atomic E-state index is 8.43. The number of hydrogen-bond acceptors (Lipinski definition) is 5. The number of isothiocyanates is 1. The highest BCUT2D eigenvalue weighted by molar-refractivity contribution is 7.78. The molecule has 12 heavy (non-hydrogen) atoms. The van der Waals surface area contributed by atoms with Crippen molar-refractivity contribution in [2.75, 3.05) is 0 Å². The third kappa shape index (κ3) is 1.53. The van der Waals surface area contributed by atoms with Crippen LogP contribution in [0.3, 0.4) is 0 Å². The standard InChI is InChI=1S/C7H5N3OS/c8-7-5(9-4-12)2-1-3-6(7)10-11/h1-3,8,11H/b8-7?,10-6-. The summed E-state index contributed by atoms with van der Waals surface area (Å²) >= 11 is 4.38. The normalized spacial score (nSPS) is 18.8. The van der Waals surface area contributed by atoms with Crippen LogP contribution in [0.15, 0.2) is 34.1 Å². The number of nitrogens with one attached hydrogen (secondary N) is 1. The molecule has 0 aromatic heterocycles. The molecule has 0 aliphatic heterocycles. The summed E-state index contributed by atoms with van der Waals surface area (Å²) in [5.74, 6) is 0. The van der Waals surface area contributed by atoms with Crippen molar-refractivity contribution < 1.29 is 5.21 Å². The molecule has 0 heterocycles. The van der Waals surface area contributed by atoms with Crippen LogP contribution < -0.4 is 0 Å². The Morgan fingerprint density at radius 3 is 2.92 bits per heavy atom. The molecule has 0 unspecified atom stereocenters. The molecular formula is C7H5N3OS. The topological polar surface area (TPSA) is 68.8 Å². The monoisotopic (exact) mass is 179 g/mol. The van der Waals surface area contributed by atoms with Crippen LogP contribution >= 0.6 is 12.2 Å². The number of thiocarbonyl (C=S) groups is 1. The van der Waals surface area contributed by atoms with E-state index in [1.165, 1.54) is 6.08 Å².